The van der Waals surface area contributed by atoms with Crippen LogP contribution in [0, 0.1) is 17.5 Å². The number of nitrogens with one attached hydrogen (secondary N) is 2. The highest BCUT2D eigenvalue weighted by atomic mass is 19.1. The molecule has 2 aliphatic rings. The average molecular weight is 727 g/mol. The Kier molecular flexibility index (Phi) is 12.1. The Balaban J connectivity index is 0.000000204. The number of carbonyl (C=O) groups is 4. The van der Waals surface area contributed by atoms with Gasteiger partial charge >= 0.3 is 11.9 Å². The standard InChI is InChI=1S/C21H20FNO3.C20H17F2NO4/c1-2-13-5-3-6-14(11-13)15-9-10-19(18(22)12-15)23-20(24)16-7-4-8-17(16)21(25)26;1-27-17-8-3-2-5-12(17)11-9-15(21)18(16(22)10-11)23-19(24)13-6-4-7-14(13)20(25)26/h3,5-6,9-12H,2,4,7-8H2,1H3,(H,23,24)(H,25,26);2-3,5,8-10H,4,6-7H2,1H3,(H,23,24)(H,25,26). The number of hydrogen-bond donors (Lipinski definition) is 4. The van der Waals surface area contributed by atoms with E-state index in [9.17, 15) is 32.3 Å². The van der Waals surface area contributed by atoms with Crippen LogP contribution < -0.4 is 15.4 Å². The van der Waals surface area contributed by atoms with Gasteiger partial charge < -0.3 is 25.6 Å². The highest BCUT2D eigenvalue weighted by Crippen LogP contribution is 2.35. The molecule has 0 fully saturated rings. The lowest BCUT2D eigenvalue weighted by atomic mass is 10.0. The Hall–Kier alpha value is -6.17. The zero-order valence-corrected chi connectivity index (χ0v) is 29.0. The molecular formula is C41H37F3N2O7. The van der Waals surface area contributed by atoms with Crippen molar-refractivity contribution in [2.45, 2.75) is 51.9 Å². The van der Waals surface area contributed by atoms with Gasteiger partial charge in [0.25, 0.3) is 11.8 Å². The molecule has 0 saturated heterocycles. The van der Waals surface area contributed by atoms with Gasteiger partial charge in [0.1, 0.15) is 28.9 Å². The molecule has 53 heavy (non-hydrogen) atoms. The van der Waals surface area contributed by atoms with Crippen molar-refractivity contribution < 1.29 is 47.3 Å². The first-order valence-corrected chi connectivity index (χ1v) is 17.0. The van der Waals surface area contributed by atoms with Crippen LogP contribution in [0.2, 0.25) is 0 Å². The van der Waals surface area contributed by atoms with Crippen LogP contribution in [0.25, 0.3) is 22.3 Å². The second kappa shape index (κ2) is 16.9. The van der Waals surface area contributed by atoms with Gasteiger partial charge in [-0.15, -0.1) is 0 Å². The summed E-state index contributed by atoms with van der Waals surface area (Å²) in [6.07, 6.45) is 3.32. The highest BCUT2D eigenvalue weighted by molar-refractivity contribution is 6.10. The number of carbonyl (C=O) groups excluding carboxylic acids is 2. The van der Waals surface area contributed by atoms with E-state index in [0.717, 1.165) is 35.2 Å². The number of rotatable bonds is 10. The van der Waals surface area contributed by atoms with E-state index < -0.39 is 46.9 Å². The van der Waals surface area contributed by atoms with Crippen molar-refractivity contribution in [3.05, 3.63) is 124 Å². The predicted octanol–water partition coefficient (Wildman–Crippen LogP) is 8.70. The van der Waals surface area contributed by atoms with Gasteiger partial charge in [-0.3, -0.25) is 9.59 Å². The topological polar surface area (TPSA) is 142 Å². The zero-order chi connectivity index (χ0) is 38.2. The molecule has 2 aliphatic carbocycles. The first-order chi connectivity index (χ1) is 25.4. The number of amides is 2. The molecule has 0 bridgehead atoms. The fourth-order valence-electron chi connectivity index (χ4n) is 6.35. The largest absolute Gasteiger partial charge is 0.496 e. The van der Waals surface area contributed by atoms with Gasteiger partial charge in [0.2, 0.25) is 0 Å². The van der Waals surface area contributed by atoms with Crippen molar-refractivity contribution in [3.63, 3.8) is 0 Å². The second-order valence-electron chi connectivity index (χ2n) is 12.4. The van der Waals surface area contributed by atoms with E-state index in [2.05, 4.69) is 17.6 Å². The van der Waals surface area contributed by atoms with Crippen LogP contribution in [0.15, 0.2) is 101 Å². The number of carboxylic acid groups (broad SMARTS) is 2. The molecular weight excluding hydrogens is 689 g/mol. The first kappa shape index (κ1) is 38.1. The number of methoxy groups -OCH3 is 1. The van der Waals surface area contributed by atoms with E-state index in [4.69, 9.17) is 14.9 Å². The van der Waals surface area contributed by atoms with E-state index in [1.165, 1.54) is 19.2 Å². The maximum atomic E-state index is 14.5. The number of para-hydroxylation sites is 1. The smallest absolute Gasteiger partial charge is 0.332 e. The normalized spacial score (nSPS) is 13.7. The third-order valence-corrected chi connectivity index (χ3v) is 9.08. The molecule has 4 aromatic rings. The summed E-state index contributed by atoms with van der Waals surface area (Å²) in [5.41, 5.74) is 3.39. The van der Waals surface area contributed by atoms with Gasteiger partial charge in [0, 0.05) is 27.9 Å². The number of benzene rings is 4. The molecule has 4 aromatic carbocycles. The number of hydrogen-bond acceptors (Lipinski definition) is 5. The molecule has 0 saturated carbocycles. The Bertz CT molecular complexity index is 2140. The lowest BCUT2D eigenvalue weighted by Gasteiger charge is -2.13. The summed E-state index contributed by atoms with van der Waals surface area (Å²) < 4.78 is 48.7. The molecule has 0 radical (unpaired) electrons. The number of aliphatic carboxylic acids is 2. The van der Waals surface area contributed by atoms with Gasteiger partial charge in [-0.1, -0.05) is 55.5 Å². The maximum Gasteiger partial charge on any atom is 0.332 e. The van der Waals surface area contributed by atoms with Gasteiger partial charge in [-0.05, 0) is 97.5 Å². The summed E-state index contributed by atoms with van der Waals surface area (Å²) in [5, 5.41) is 22.9. The summed E-state index contributed by atoms with van der Waals surface area (Å²) in [7, 11) is 1.45. The predicted molar refractivity (Wildman–Crippen MR) is 194 cm³/mol. The molecule has 0 heterocycles. The van der Waals surface area contributed by atoms with E-state index >= 15 is 0 Å². The summed E-state index contributed by atoms with van der Waals surface area (Å²) in [4.78, 5) is 47.0. The fourth-order valence-corrected chi connectivity index (χ4v) is 6.35. The summed E-state index contributed by atoms with van der Waals surface area (Å²) in [5.74, 6) is -5.63. The van der Waals surface area contributed by atoms with E-state index in [1.807, 2.05) is 24.3 Å². The number of carboxylic acids is 2. The van der Waals surface area contributed by atoms with Gasteiger partial charge in [0.15, 0.2) is 0 Å². The molecule has 0 aromatic heterocycles. The van der Waals surface area contributed by atoms with Gasteiger partial charge in [-0.25, -0.2) is 22.8 Å². The van der Waals surface area contributed by atoms with Crippen LogP contribution >= 0.6 is 0 Å². The third-order valence-electron chi connectivity index (χ3n) is 9.08. The SMILES string of the molecule is CCc1cccc(-c2ccc(NC(=O)C3=C(C(=O)O)CCC3)c(F)c2)c1.COc1ccccc1-c1cc(F)c(NC(=O)C2=C(C(=O)O)CCC2)c(F)c1. The summed E-state index contributed by atoms with van der Waals surface area (Å²) >= 11 is 0. The average Bonchev–Trinajstić information content (AvgIpc) is 3.86. The van der Waals surface area contributed by atoms with Crippen molar-refractivity contribution in [2.75, 3.05) is 17.7 Å². The zero-order valence-electron chi connectivity index (χ0n) is 29.0. The minimum atomic E-state index is -1.19. The third kappa shape index (κ3) is 8.83. The molecule has 9 nitrogen and oxygen atoms in total. The summed E-state index contributed by atoms with van der Waals surface area (Å²) in [6, 6.07) is 21.5. The molecule has 6 rings (SSSR count). The molecule has 0 atom stereocenters. The summed E-state index contributed by atoms with van der Waals surface area (Å²) in [6.45, 7) is 2.06. The quantitative estimate of drug-likeness (QED) is 0.128. The molecule has 4 N–H and O–H groups in total. The van der Waals surface area contributed by atoms with Gasteiger partial charge in [0.05, 0.1) is 12.8 Å². The van der Waals surface area contributed by atoms with Crippen LogP contribution in [0.4, 0.5) is 24.5 Å². The van der Waals surface area contributed by atoms with Gasteiger partial charge in [-0.2, -0.15) is 0 Å². The highest BCUT2D eigenvalue weighted by Gasteiger charge is 2.28. The maximum absolute atomic E-state index is 14.5. The molecule has 0 spiro atoms. The Morgan fingerprint density at radius 2 is 1.19 bits per heavy atom. The molecule has 12 heteroatoms. The van der Waals surface area contributed by atoms with Crippen LogP contribution in [0.1, 0.15) is 51.0 Å². The monoisotopic (exact) mass is 726 g/mol. The molecule has 2 amide bonds. The Morgan fingerprint density at radius 1 is 0.642 bits per heavy atom. The van der Waals surface area contributed by atoms with Crippen LogP contribution in [0.5, 0.6) is 5.75 Å². The van der Waals surface area contributed by atoms with E-state index in [-0.39, 0.29) is 46.4 Å². The Labute approximate surface area is 303 Å². The number of halogens is 3. The van der Waals surface area contributed by atoms with Crippen LogP contribution in [0.3, 0.4) is 0 Å². The van der Waals surface area contributed by atoms with Crippen molar-refractivity contribution in [1.82, 2.24) is 0 Å². The van der Waals surface area contributed by atoms with Crippen molar-refractivity contribution >= 4 is 35.1 Å². The Morgan fingerprint density at radius 3 is 1.75 bits per heavy atom. The molecule has 0 unspecified atom stereocenters. The lowest BCUT2D eigenvalue weighted by Crippen LogP contribution is -2.18. The number of ether oxygens (including phenoxy) is 1. The lowest BCUT2D eigenvalue weighted by molar-refractivity contribution is -0.133. The fraction of sp³-hybridized carbons (Fsp3) is 0.220. The molecule has 0 aliphatic heterocycles. The van der Waals surface area contributed by atoms with E-state index in [1.54, 1.807) is 30.3 Å². The number of anilines is 2. The molecule has 274 valence electrons. The first-order valence-electron chi connectivity index (χ1n) is 17.0. The second-order valence-corrected chi connectivity index (χ2v) is 12.4. The van der Waals surface area contributed by atoms with Crippen molar-refractivity contribution in [2.24, 2.45) is 0 Å². The minimum Gasteiger partial charge on any atom is -0.496 e. The van der Waals surface area contributed by atoms with Crippen LogP contribution in [-0.2, 0) is 25.6 Å². The minimum absolute atomic E-state index is 0.0149. The van der Waals surface area contributed by atoms with Crippen molar-refractivity contribution in [1.29, 1.82) is 0 Å². The van der Waals surface area contributed by atoms with E-state index in [0.29, 0.717) is 37.0 Å². The van der Waals surface area contributed by atoms with Crippen molar-refractivity contribution in [3.8, 4) is 28.0 Å². The number of aryl methyl sites for hydroxylation is 1. The van der Waals surface area contributed by atoms with Crippen LogP contribution in [-0.4, -0.2) is 41.1 Å².